The van der Waals surface area contributed by atoms with Crippen LogP contribution in [0.1, 0.15) is 6.92 Å². The third kappa shape index (κ3) is 4.05. The zero-order valence-electron chi connectivity index (χ0n) is 9.83. The molecule has 3 N–H and O–H groups in total. The van der Waals surface area contributed by atoms with Crippen molar-refractivity contribution in [2.45, 2.75) is 16.5 Å². The molecule has 0 saturated carbocycles. The largest absolute Gasteiger partial charge is 0.374 e. The van der Waals surface area contributed by atoms with Gasteiger partial charge in [-0.2, -0.15) is 0 Å². The highest BCUT2D eigenvalue weighted by Crippen LogP contribution is 2.27. The third-order valence-corrected chi connectivity index (χ3v) is 4.21. The smallest absolute Gasteiger partial charge is 0.238 e. The summed E-state index contributed by atoms with van der Waals surface area (Å²) in [5.74, 6) is 0.284. The van der Waals surface area contributed by atoms with Crippen molar-refractivity contribution in [1.29, 1.82) is 0 Å². The molecule has 0 radical (unpaired) electrons. The molecular weight excluding hydrogens is 306 g/mol. The normalized spacial score (nSPS) is 12.1. The molecule has 0 fully saturated rings. The maximum absolute atomic E-state index is 11.9. The van der Waals surface area contributed by atoms with Crippen LogP contribution in [0.5, 0.6) is 0 Å². The van der Waals surface area contributed by atoms with E-state index in [2.05, 4.69) is 20.5 Å². The molecule has 1 amide bonds. The Hall–Kier alpha value is -1.38. The molecule has 0 aliphatic rings. The molecule has 2 aromatic rings. The summed E-state index contributed by atoms with van der Waals surface area (Å²) in [6.45, 7) is 1.77. The van der Waals surface area contributed by atoms with Crippen LogP contribution in [0.3, 0.4) is 0 Å². The van der Waals surface area contributed by atoms with E-state index in [0.29, 0.717) is 20.3 Å². The number of carbonyl (C=O) groups is 1. The van der Waals surface area contributed by atoms with Gasteiger partial charge in [-0.1, -0.05) is 34.7 Å². The average molecular weight is 316 g/mol. The van der Waals surface area contributed by atoms with E-state index in [1.54, 1.807) is 19.1 Å². The second-order valence-corrected chi connectivity index (χ2v) is 6.55. The van der Waals surface area contributed by atoms with E-state index < -0.39 is 0 Å². The predicted molar refractivity (Wildman–Crippen MR) is 77.5 cm³/mol. The van der Waals surface area contributed by atoms with Crippen LogP contribution in [-0.2, 0) is 4.79 Å². The monoisotopic (exact) mass is 315 g/mol. The second kappa shape index (κ2) is 6.18. The molecule has 2 rings (SSSR count). The van der Waals surface area contributed by atoms with Crippen LogP contribution in [0.25, 0.3) is 0 Å². The number of halogens is 1. The van der Waals surface area contributed by atoms with Crippen LogP contribution >= 0.6 is 34.7 Å². The first kappa shape index (κ1) is 14.0. The highest BCUT2D eigenvalue weighted by atomic mass is 35.5. The lowest BCUT2D eigenvalue weighted by molar-refractivity contribution is -0.115. The zero-order chi connectivity index (χ0) is 13.8. The van der Waals surface area contributed by atoms with Crippen molar-refractivity contribution in [1.82, 2.24) is 15.2 Å². The van der Waals surface area contributed by atoms with E-state index in [0.717, 1.165) is 0 Å². The number of aromatic nitrogens is 3. The number of nitrogens with two attached hydrogens (primary N) is 1. The SMILES string of the molecule is C[C@@H](Sc1nnc(N)s1)C(=O)Nc1ccc(Cl)cn1. The summed E-state index contributed by atoms with van der Waals surface area (Å²) in [4.78, 5) is 15.9. The van der Waals surface area contributed by atoms with Gasteiger partial charge in [0.05, 0.1) is 10.3 Å². The Kier molecular flexibility index (Phi) is 4.56. The Bertz CT molecular complexity index is 574. The topological polar surface area (TPSA) is 93.8 Å². The van der Waals surface area contributed by atoms with E-state index in [1.807, 2.05) is 0 Å². The Morgan fingerprint density at radius 3 is 2.89 bits per heavy atom. The lowest BCUT2D eigenvalue weighted by Crippen LogP contribution is -2.22. The van der Waals surface area contributed by atoms with Gasteiger partial charge in [0, 0.05) is 6.20 Å². The Balaban J connectivity index is 1.94. The summed E-state index contributed by atoms with van der Waals surface area (Å²) in [5, 5.41) is 10.8. The average Bonchev–Trinajstić information content (AvgIpc) is 2.77. The molecule has 6 nitrogen and oxygen atoms in total. The second-order valence-electron chi connectivity index (χ2n) is 3.52. The number of rotatable bonds is 4. The number of nitrogens with zero attached hydrogens (tertiary/aromatic N) is 3. The predicted octanol–water partition coefficient (Wildman–Crippen LogP) is 2.29. The van der Waals surface area contributed by atoms with Crippen molar-refractivity contribution in [3.63, 3.8) is 0 Å². The van der Waals surface area contributed by atoms with Gasteiger partial charge in [-0.3, -0.25) is 4.79 Å². The fourth-order valence-electron chi connectivity index (χ4n) is 1.15. The summed E-state index contributed by atoms with van der Waals surface area (Å²) in [6, 6.07) is 3.30. The van der Waals surface area contributed by atoms with E-state index in [1.165, 1.54) is 29.3 Å². The summed E-state index contributed by atoms with van der Waals surface area (Å²) in [5.41, 5.74) is 5.48. The molecule has 0 spiro atoms. The van der Waals surface area contributed by atoms with Crippen molar-refractivity contribution in [3.05, 3.63) is 23.4 Å². The van der Waals surface area contributed by atoms with Crippen LogP contribution in [0.4, 0.5) is 10.9 Å². The zero-order valence-corrected chi connectivity index (χ0v) is 12.2. The van der Waals surface area contributed by atoms with Gasteiger partial charge in [0.1, 0.15) is 5.82 Å². The highest BCUT2D eigenvalue weighted by molar-refractivity contribution is 8.02. The maximum Gasteiger partial charge on any atom is 0.238 e. The molecule has 9 heteroatoms. The van der Waals surface area contributed by atoms with Crippen LogP contribution in [0.2, 0.25) is 5.02 Å². The minimum absolute atomic E-state index is 0.173. The van der Waals surface area contributed by atoms with Crippen molar-refractivity contribution in [2.24, 2.45) is 0 Å². The Morgan fingerprint density at radius 2 is 2.32 bits per heavy atom. The van der Waals surface area contributed by atoms with Gasteiger partial charge >= 0.3 is 0 Å². The molecule has 0 bridgehead atoms. The van der Waals surface area contributed by atoms with E-state index in [-0.39, 0.29) is 11.2 Å². The molecule has 0 unspecified atom stereocenters. The number of pyridine rings is 1. The minimum atomic E-state index is -0.329. The molecule has 0 aliphatic heterocycles. The van der Waals surface area contributed by atoms with Crippen molar-refractivity contribution in [2.75, 3.05) is 11.1 Å². The van der Waals surface area contributed by atoms with Gasteiger partial charge in [0.2, 0.25) is 11.0 Å². The van der Waals surface area contributed by atoms with E-state index >= 15 is 0 Å². The number of nitrogens with one attached hydrogen (secondary N) is 1. The van der Waals surface area contributed by atoms with Crippen LogP contribution in [-0.4, -0.2) is 26.3 Å². The van der Waals surface area contributed by atoms with Gasteiger partial charge in [-0.15, -0.1) is 10.2 Å². The molecule has 0 saturated heterocycles. The number of anilines is 2. The minimum Gasteiger partial charge on any atom is -0.374 e. The lowest BCUT2D eigenvalue weighted by atomic mass is 10.4. The first-order valence-corrected chi connectivity index (χ1v) is 7.30. The number of thioether (sulfide) groups is 1. The molecule has 0 aromatic carbocycles. The Morgan fingerprint density at radius 1 is 1.53 bits per heavy atom. The third-order valence-electron chi connectivity index (χ3n) is 2.05. The lowest BCUT2D eigenvalue weighted by Gasteiger charge is -2.09. The van der Waals surface area contributed by atoms with Crippen molar-refractivity contribution < 1.29 is 4.79 Å². The van der Waals surface area contributed by atoms with Gasteiger partial charge in [-0.05, 0) is 19.1 Å². The Labute approximate surface area is 122 Å². The quantitative estimate of drug-likeness (QED) is 0.841. The van der Waals surface area contributed by atoms with E-state index in [9.17, 15) is 4.79 Å². The van der Waals surface area contributed by atoms with Gasteiger partial charge in [0.15, 0.2) is 4.34 Å². The number of nitrogen functional groups attached to an aromatic ring is 1. The van der Waals surface area contributed by atoms with E-state index in [4.69, 9.17) is 17.3 Å². The number of amides is 1. The molecule has 19 heavy (non-hydrogen) atoms. The first-order chi connectivity index (χ1) is 9.04. The van der Waals surface area contributed by atoms with Crippen LogP contribution in [0.15, 0.2) is 22.7 Å². The molecule has 1 atom stereocenters. The van der Waals surface area contributed by atoms with Crippen molar-refractivity contribution >= 4 is 51.6 Å². The molecule has 100 valence electrons. The van der Waals surface area contributed by atoms with Crippen LogP contribution < -0.4 is 11.1 Å². The first-order valence-electron chi connectivity index (χ1n) is 5.22. The molecule has 2 aromatic heterocycles. The standard InChI is InChI=1S/C10H10ClN5OS2/c1-5(18-10-16-15-9(12)19-10)8(17)14-7-3-2-6(11)4-13-7/h2-5H,1H3,(H2,12,15)(H,13,14,17)/t5-/m1/s1. The van der Waals surface area contributed by atoms with Gasteiger partial charge < -0.3 is 11.1 Å². The molecule has 2 heterocycles. The summed E-state index contributed by atoms with van der Waals surface area (Å²) >= 11 is 8.26. The van der Waals surface area contributed by atoms with Crippen molar-refractivity contribution in [3.8, 4) is 0 Å². The summed E-state index contributed by atoms with van der Waals surface area (Å²) < 4.78 is 0.657. The van der Waals surface area contributed by atoms with Gasteiger partial charge in [-0.25, -0.2) is 4.98 Å². The summed E-state index contributed by atoms with van der Waals surface area (Å²) in [7, 11) is 0. The fourth-order valence-corrected chi connectivity index (χ4v) is 3.04. The number of carbonyl (C=O) groups excluding carboxylic acids is 1. The molecule has 0 aliphatic carbocycles. The van der Waals surface area contributed by atoms with Gasteiger partial charge in [0.25, 0.3) is 0 Å². The highest BCUT2D eigenvalue weighted by Gasteiger charge is 2.17. The fraction of sp³-hybridized carbons (Fsp3) is 0.200. The number of hydrogen-bond donors (Lipinski definition) is 2. The summed E-state index contributed by atoms with van der Waals surface area (Å²) in [6.07, 6.45) is 1.47. The molecular formula is C10H10ClN5OS2. The maximum atomic E-state index is 11.9. The van der Waals surface area contributed by atoms with Crippen LogP contribution in [0, 0.1) is 0 Å². The number of hydrogen-bond acceptors (Lipinski definition) is 7.